The summed E-state index contributed by atoms with van der Waals surface area (Å²) in [5.74, 6) is 1.60. The number of hydrogen-bond donors (Lipinski definition) is 1. The van der Waals surface area contributed by atoms with Crippen molar-refractivity contribution in [1.29, 1.82) is 5.26 Å². The van der Waals surface area contributed by atoms with E-state index in [0.717, 1.165) is 22.8 Å². The fraction of sp³-hybridized carbons (Fsp3) is 0.350. The highest BCUT2D eigenvalue weighted by molar-refractivity contribution is 8.00. The fourth-order valence-electron chi connectivity index (χ4n) is 2.39. The Kier molecular flexibility index (Phi) is 7.96. The standard InChI is InChI=1S/C20H23N3O3S/c1-4-25-16-5-7-17(8-6-16)26-10-9-22-19(24)13-27-20-18(12-21)14(2)11-15(3)23-20/h5-8,11H,4,9-10,13H2,1-3H3,(H,22,24). The molecule has 1 amide bonds. The van der Waals surface area contributed by atoms with Crippen molar-refractivity contribution >= 4 is 17.7 Å². The number of amides is 1. The molecule has 0 unspecified atom stereocenters. The van der Waals surface area contributed by atoms with Gasteiger partial charge in [-0.15, -0.1) is 0 Å². The van der Waals surface area contributed by atoms with Crippen LogP contribution in [0.5, 0.6) is 11.5 Å². The summed E-state index contributed by atoms with van der Waals surface area (Å²) >= 11 is 1.27. The lowest BCUT2D eigenvalue weighted by Gasteiger charge is -2.09. The van der Waals surface area contributed by atoms with E-state index < -0.39 is 0 Å². The molecule has 0 aliphatic heterocycles. The van der Waals surface area contributed by atoms with E-state index in [1.165, 1.54) is 11.8 Å². The maximum Gasteiger partial charge on any atom is 0.230 e. The number of aryl methyl sites for hydroxylation is 2. The number of thioether (sulfide) groups is 1. The van der Waals surface area contributed by atoms with E-state index in [9.17, 15) is 10.1 Å². The molecule has 6 nitrogen and oxygen atoms in total. The quantitative estimate of drug-likeness (QED) is 0.527. The van der Waals surface area contributed by atoms with Gasteiger partial charge in [-0.2, -0.15) is 5.26 Å². The van der Waals surface area contributed by atoms with Gasteiger partial charge in [0.2, 0.25) is 5.91 Å². The smallest absolute Gasteiger partial charge is 0.230 e. The zero-order valence-electron chi connectivity index (χ0n) is 15.7. The largest absolute Gasteiger partial charge is 0.494 e. The Balaban J connectivity index is 1.73. The third-order valence-corrected chi connectivity index (χ3v) is 4.57. The van der Waals surface area contributed by atoms with Gasteiger partial charge in [0.1, 0.15) is 29.2 Å². The van der Waals surface area contributed by atoms with Gasteiger partial charge in [-0.05, 0) is 56.7 Å². The van der Waals surface area contributed by atoms with Crippen LogP contribution in [-0.4, -0.2) is 36.4 Å². The number of carbonyl (C=O) groups is 1. The lowest BCUT2D eigenvalue weighted by Crippen LogP contribution is -2.29. The van der Waals surface area contributed by atoms with Crippen molar-refractivity contribution in [2.75, 3.05) is 25.5 Å². The van der Waals surface area contributed by atoms with E-state index in [0.29, 0.717) is 30.3 Å². The van der Waals surface area contributed by atoms with Crippen LogP contribution in [0.1, 0.15) is 23.7 Å². The highest BCUT2D eigenvalue weighted by atomic mass is 32.2. The molecule has 7 heteroatoms. The number of hydrogen-bond acceptors (Lipinski definition) is 6. The van der Waals surface area contributed by atoms with Crippen molar-refractivity contribution in [3.63, 3.8) is 0 Å². The van der Waals surface area contributed by atoms with Gasteiger partial charge in [0, 0.05) is 5.69 Å². The van der Waals surface area contributed by atoms with Gasteiger partial charge < -0.3 is 14.8 Å². The number of ether oxygens (including phenoxy) is 2. The van der Waals surface area contributed by atoms with Crippen LogP contribution in [0.3, 0.4) is 0 Å². The lowest BCUT2D eigenvalue weighted by molar-refractivity contribution is -0.118. The van der Waals surface area contributed by atoms with Gasteiger partial charge in [-0.25, -0.2) is 4.98 Å². The Labute approximate surface area is 163 Å². The van der Waals surface area contributed by atoms with Crippen LogP contribution in [0.15, 0.2) is 35.4 Å². The monoisotopic (exact) mass is 385 g/mol. The van der Waals surface area contributed by atoms with Crippen LogP contribution in [0.4, 0.5) is 0 Å². The minimum absolute atomic E-state index is 0.125. The first-order chi connectivity index (χ1) is 13.0. The van der Waals surface area contributed by atoms with E-state index in [1.807, 2.05) is 51.1 Å². The summed E-state index contributed by atoms with van der Waals surface area (Å²) in [6.45, 7) is 7.07. The highest BCUT2D eigenvalue weighted by Gasteiger charge is 2.11. The van der Waals surface area contributed by atoms with Gasteiger partial charge in [-0.1, -0.05) is 11.8 Å². The first-order valence-electron chi connectivity index (χ1n) is 8.67. The summed E-state index contributed by atoms with van der Waals surface area (Å²) in [7, 11) is 0. The number of benzene rings is 1. The molecule has 0 aliphatic carbocycles. The van der Waals surface area contributed by atoms with Crippen LogP contribution in [-0.2, 0) is 4.79 Å². The molecular weight excluding hydrogens is 362 g/mol. The number of nitrogens with zero attached hydrogens (tertiary/aromatic N) is 2. The predicted molar refractivity (Wildman–Crippen MR) is 105 cm³/mol. The van der Waals surface area contributed by atoms with E-state index in [1.54, 1.807) is 0 Å². The molecule has 1 heterocycles. The van der Waals surface area contributed by atoms with Gasteiger partial charge in [0.05, 0.1) is 24.5 Å². The molecule has 2 rings (SSSR count). The summed E-state index contributed by atoms with van der Waals surface area (Å²) in [5.41, 5.74) is 2.23. The number of pyridine rings is 1. The van der Waals surface area contributed by atoms with Gasteiger partial charge in [0.25, 0.3) is 0 Å². The first-order valence-corrected chi connectivity index (χ1v) is 9.65. The second-order valence-corrected chi connectivity index (χ2v) is 6.73. The Bertz CT molecular complexity index is 816. The molecule has 0 saturated carbocycles. The summed E-state index contributed by atoms with van der Waals surface area (Å²) in [4.78, 5) is 16.4. The molecule has 0 radical (unpaired) electrons. The molecule has 1 aromatic heterocycles. The average molecular weight is 385 g/mol. The summed E-state index contributed by atoms with van der Waals surface area (Å²) in [6.07, 6.45) is 0. The number of carbonyl (C=O) groups excluding carboxylic acids is 1. The minimum Gasteiger partial charge on any atom is -0.494 e. The normalized spacial score (nSPS) is 10.1. The third kappa shape index (κ3) is 6.50. The molecule has 0 bridgehead atoms. The van der Waals surface area contributed by atoms with Crippen molar-refractivity contribution in [3.8, 4) is 17.6 Å². The zero-order chi connectivity index (χ0) is 19.6. The van der Waals surface area contributed by atoms with Crippen LogP contribution in [0.25, 0.3) is 0 Å². The fourth-order valence-corrected chi connectivity index (χ4v) is 3.32. The molecule has 142 valence electrons. The van der Waals surface area contributed by atoms with Gasteiger partial charge in [-0.3, -0.25) is 4.79 Å². The maximum absolute atomic E-state index is 12.0. The Hall–Kier alpha value is -2.72. The first kappa shape index (κ1) is 20.6. The lowest BCUT2D eigenvalue weighted by atomic mass is 10.1. The summed E-state index contributed by atoms with van der Waals surface area (Å²) in [6, 6.07) is 11.4. The second kappa shape index (κ2) is 10.4. The van der Waals surface area contributed by atoms with Crippen molar-refractivity contribution in [1.82, 2.24) is 10.3 Å². The van der Waals surface area contributed by atoms with Crippen LogP contribution >= 0.6 is 11.8 Å². The average Bonchev–Trinajstić information content (AvgIpc) is 2.64. The second-order valence-electron chi connectivity index (χ2n) is 5.76. The molecule has 0 atom stereocenters. The molecule has 0 fully saturated rings. The molecule has 27 heavy (non-hydrogen) atoms. The SMILES string of the molecule is CCOc1ccc(OCCNC(=O)CSc2nc(C)cc(C)c2C#N)cc1. The van der Waals surface area contributed by atoms with Crippen molar-refractivity contribution in [2.24, 2.45) is 0 Å². The Morgan fingerprint density at radius 1 is 1.22 bits per heavy atom. The highest BCUT2D eigenvalue weighted by Crippen LogP contribution is 2.23. The zero-order valence-corrected chi connectivity index (χ0v) is 16.6. The van der Waals surface area contributed by atoms with Crippen LogP contribution < -0.4 is 14.8 Å². The topological polar surface area (TPSA) is 84.2 Å². The van der Waals surface area contributed by atoms with E-state index in [-0.39, 0.29) is 11.7 Å². The predicted octanol–water partition coefficient (Wildman–Crippen LogP) is 3.26. The van der Waals surface area contributed by atoms with Crippen molar-refractivity contribution < 1.29 is 14.3 Å². The Morgan fingerprint density at radius 2 is 1.89 bits per heavy atom. The molecule has 0 aliphatic rings. The molecule has 0 spiro atoms. The summed E-state index contributed by atoms with van der Waals surface area (Å²) in [5, 5.41) is 12.7. The molecule has 1 N–H and O–H groups in total. The minimum atomic E-state index is -0.125. The third-order valence-electron chi connectivity index (χ3n) is 3.59. The molecule has 0 saturated heterocycles. The molecular formula is C20H23N3O3S. The number of nitriles is 1. The number of rotatable bonds is 9. The van der Waals surface area contributed by atoms with Crippen molar-refractivity contribution in [2.45, 2.75) is 25.8 Å². The van der Waals surface area contributed by atoms with Gasteiger partial charge in [0.15, 0.2) is 0 Å². The number of aromatic nitrogens is 1. The van der Waals surface area contributed by atoms with E-state index >= 15 is 0 Å². The Morgan fingerprint density at radius 3 is 2.52 bits per heavy atom. The summed E-state index contributed by atoms with van der Waals surface area (Å²) < 4.78 is 11.0. The van der Waals surface area contributed by atoms with E-state index in [2.05, 4.69) is 16.4 Å². The molecule has 1 aromatic carbocycles. The van der Waals surface area contributed by atoms with Crippen LogP contribution in [0.2, 0.25) is 0 Å². The van der Waals surface area contributed by atoms with Gasteiger partial charge >= 0.3 is 0 Å². The number of nitrogens with one attached hydrogen (secondary N) is 1. The maximum atomic E-state index is 12.0. The van der Waals surface area contributed by atoms with Crippen LogP contribution in [0, 0.1) is 25.2 Å². The molecule has 2 aromatic rings. The van der Waals surface area contributed by atoms with E-state index in [4.69, 9.17) is 9.47 Å². The van der Waals surface area contributed by atoms with Crippen molar-refractivity contribution in [3.05, 3.63) is 47.2 Å².